The van der Waals surface area contributed by atoms with Gasteiger partial charge in [0.15, 0.2) is 0 Å². The average Bonchev–Trinajstić information content (AvgIpc) is 3.40. The van der Waals surface area contributed by atoms with Gasteiger partial charge in [0.05, 0.1) is 42.3 Å². The normalized spacial score (nSPS) is 18.9. The zero-order valence-electron chi connectivity index (χ0n) is 21.3. The average molecular weight is 547 g/mol. The Bertz CT molecular complexity index is 1270. The zero-order chi connectivity index (χ0) is 26.7. The summed E-state index contributed by atoms with van der Waals surface area (Å²) in [6.45, 7) is 4.31. The lowest BCUT2D eigenvalue weighted by molar-refractivity contribution is -0.0221. The Balaban J connectivity index is 1.41. The molecule has 10 nitrogen and oxygen atoms in total. The molecule has 0 radical (unpaired) electrons. The Morgan fingerprint density at radius 3 is 2.58 bits per heavy atom. The highest BCUT2D eigenvalue weighted by Crippen LogP contribution is 2.33. The summed E-state index contributed by atoms with van der Waals surface area (Å²) in [5.41, 5.74) is 3.48. The lowest BCUT2D eigenvalue weighted by Gasteiger charge is -2.33. The molecule has 1 atom stereocenters. The van der Waals surface area contributed by atoms with Gasteiger partial charge in [0.2, 0.25) is 0 Å². The van der Waals surface area contributed by atoms with Crippen LogP contribution in [-0.2, 0) is 11.0 Å². The molecule has 2 fully saturated rings. The Hall–Kier alpha value is -3.19. The number of hydrogen-bond acceptors (Lipinski definition) is 8. The Morgan fingerprint density at radius 1 is 1.08 bits per heavy atom. The van der Waals surface area contributed by atoms with E-state index in [0.717, 1.165) is 37.3 Å². The molecule has 2 aliphatic heterocycles. The number of alkyl halides is 2. The Kier molecular flexibility index (Phi) is 7.84. The van der Waals surface area contributed by atoms with Crippen LogP contribution in [0, 0.1) is 5.92 Å². The topological polar surface area (TPSA) is 112 Å². The molecule has 2 saturated heterocycles. The van der Waals surface area contributed by atoms with Crippen molar-refractivity contribution in [2.24, 2.45) is 5.92 Å². The van der Waals surface area contributed by atoms with Gasteiger partial charge in [-0.1, -0.05) is 12.1 Å². The molecule has 1 unspecified atom stereocenters. The van der Waals surface area contributed by atoms with Crippen LogP contribution in [0.2, 0.25) is 0 Å². The van der Waals surface area contributed by atoms with Gasteiger partial charge in [-0.2, -0.15) is 0 Å². The van der Waals surface area contributed by atoms with E-state index in [0.29, 0.717) is 28.8 Å². The minimum atomic E-state index is -2.63. The first-order valence-electron chi connectivity index (χ1n) is 12.8. The quantitative estimate of drug-likeness (QED) is 0.443. The van der Waals surface area contributed by atoms with Crippen molar-refractivity contribution >= 4 is 28.2 Å². The number of nitrogens with zero attached hydrogens (tertiary/aromatic N) is 7. The molecule has 0 saturated carbocycles. The van der Waals surface area contributed by atoms with Crippen LogP contribution in [0.1, 0.15) is 32.6 Å². The van der Waals surface area contributed by atoms with Crippen molar-refractivity contribution in [2.75, 3.05) is 53.1 Å². The summed E-state index contributed by atoms with van der Waals surface area (Å²) < 4.78 is 44.0. The van der Waals surface area contributed by atoms with Crippen molar-refractivity contribution < 1.29 is 18.1 Å². The van der Waals surface area contributed by atoms with E-state index in [4.69, 9.17) is 5.11 Å². The molecule has 0 aliphatic carbocycles. The maximum Gasteiger partial charge on any atom is 0.251 e. The summed E-state index contributed by atoms with van der Waals surface area (Å²) in [5, 5.41) is 17.8. The molecular formula is C25H32F2N8O2S. The fourth-order valence-corrected chi connectivity index (χ4v) is 5.40. The molecule has 5 rings (SSSR count). The molecule has 0 spiro atoms. The van der Waals surface area contributed by atoms with E-state index in [-0.39, 0.29) is 38.3 Å². The Morgan fingerprint density at radius 2 is 1.84 bits per heavy atom. The molecule has 2 aromatic heterocycles. The van der Waals surface area contributed by atoms with Crippen molar-refractivity contribution in [1.29, 1.82) is 0 Å². The molecule has 4 heterocycles. The third-order valence-electron chi connectivity index (χ3n) is 7.05. The van der Waals surface area contributed by atoms with Crippen LogP contribution >= 0.6 is 0 Å². The number of aliphatic hydroxyl groups is 1. The highest BCUT2D eigenvalue weighted by Gasteiger charge is 2.34. The summed E-state index contributed by atoms with van der Waals surface area (Å²) >= 11 is 0. The molecule has 38 heavy (non-hydrogen) atoms. The first-order chi connectivity index (χ1) is 18.3. The van der Waals surface area contributed by atoms with Gasteiger partial charge in [0, 0.05) is 44.7 Å². The van der Waals surface area contributed by atoms with Gasteiger partial charge in [-0.25, -0.2) is 22.7 Å². The van der Waals surface area contributed by atoms with Crippen molar-refractivity contribution in [1.82, 2.24) is 25.0 Å². The maximum absolute atomic E-state index is 13.6. The number of piperidine rings is 2. The minimum absolute atomic E-state index is 0.144. The van der Waals surface area contributed by atoms with Crippen LogP contribution in [0.5, 0.6) is 0 Å². The molecule has 0 amide bonds. The lowest BCUT2D eigenvalue weighted by Crippen LogP contribution is -2.39. The monoisotopic (exact) mass is 546 g/mol. The smallest absolute Gasteiger partial charge is 0.251 e. The largest absolute Gasteiger partial charge is 0.395 e. The third-order valence-corrected chi connectivity index (χ3v) is 8.07. The number of hydrogen-bond donors (Lipinski definition) is 2. The Labute approximate surface area is 222 Å². The molecule has 13 heteroatoms. The van der Waals surface area contributed by atoms with Crippen LogP contribution in [-0.4, -0.2) is 78.7 Å². The third kappa shape index (κ3) is 6.09. The number of halogens is 2. The number of aromatic nitrogens is 5. The number of anilines is 3. The SMILES string of the molecule is CC1CCN(c2cc(NS(=O)CCO)ccc2-n2cc(-c3cncc(N4CCC(F)(F)CC4)n3)nn2)CC1. The van der Waals surface area contributed by atoms with E-state index in [1.165, 1.54) is 0 Å². The number of nitrogens with one attached hydrogen (secondary N) is 1. The van der Waals surface area contributed by atoms with E-state index >= 15 is 0 Å². The summed E-state index contributed by atoms with van der Waals surface area (Å²) in [6.07, 6.45) is 6.69. The second-order valence-corrected chi connectivity index (χ2v) is 11.2. The summed E-state index contributed by atoms with van der Waals surface area (Å²) in [5.74, 6) is -1.29. The van der Waals surface area contributed by atoms with Crippen LogP contribution in [0.3, 0.4) is 0 Å². The van der Waals surface area contributed by atoms with Crippen molar-refractivity contribution in [2.45, 2.75) is 38.5 Å². The van der Waals surface area contributed by atoms with E-state index < -0.39 is 16.9 Å². The molecule has 2 N–H and O–H groups in total. The van der Waals surface area contributed by atoms with E-state index in [1.807, 2.05) is 23.1 Å². The second kappa shape index (κ2) is 11.3. The molecule has 3 aromatic rings. The van der Waals surface area contributed by atoms with Crippen molar-refractivity contribution in [3.8, 4) is 17.1 Å². The highest BCUT2D eigenvalue weighted by molar-refractivity contribution is 7.86. The first kappa shape index (κ1) is 26.4. The lowest BCUT2D eigenvalue weighted by atomic mass is 9.98. The van der Waals surface area contributed by atoms with Gasteiger partial charge < -0.3 is 19.6 Å². The fourth-order valence-electron chi connectivity index (χ4n) is 4.74. The molecule has 204 valence electrons. The van der Waals surface area contributed by atoms with Crippen LogP contribution in [0.4, 0.5) is 26.0 Å². The van der Waals surface area contributed by atoms with E-state index in [2.05, 4.69) is 36.8 Å². The molecule has 1 aromatic carbocycles. The summed E-state index contributed by atoms with van der Waals surface area (Å²) in [6, 6.07) is 5.68. The van der Waals surface area contributed by atoms with E-state index in [9.17, 15) is 13.0 Å². The highest BCUT2D eigenvalue weighted by atomic mass is 32.2. The summed E-state index contributed by atoms with van der Waals surface area (Å²) in [7, 11) is -1.38. The van der Waals surface area contributed by atoms with Crippen LogP contribution < -0.4 is 14.5 Å². The van der Waals surface area contributed by atoms with Gasteiger partial charge in [-0.3, -0.25) is 4.98 Å². The van der Waals surface area contributed by atoms with E-state index in [1.54, 1.807) is 23.3 Å². The fraction of sp³-hybridized carbons (Fsp3) is 0.520. The van der Waals surface area contributed by atoms with Gasteiger partial charge in [0.25, 0.3) is 5.92 Å². The van der Waals surface area contributed by atoms with Gasteiger partial charge in [-0.15, -0.1) is 5.10 Å². The molecule has 2 aliphatic rings. The first-order valence-corrected chi connectivity index (χ1v) is 14.2. The number of aliphatic hydroxyl groups excluding tert-OH is 1. The van der Waals surface area contributed by atoms with Gasteiger partial charge in [0.1, 0.15) is 28.2 Å². The minimum Gasteiger partial charge on any atom is -0.395 e. The zero-order valence-corrected chi connectivity index (χ0v) is 22.1. The predicted molar refractivity (Wildman–Crippen MR) is 143 cm³/mol. The van der Waals surface area contributed by atoms with Gasteiger partial charge >= 0.3 is 0 Å². The number of benzene rings is 1. The second-order valence-electron chi connectivity index (χ2n) is 9.90. The van der Waals surface area contributed by atoms with Crippen LogP contribution in [0.15, 0.2) is 36.8 Å². The predicted octanol–water partition coefficient (Wildman–Crippen LogP) is 3.26. The van der Waals surface area contributed by atoms with Crippen LogP contribution in [0.25, 0.3) is 17.1 Å². The van der Waals surface area contributed by atoms with Gasteiger partial charge in [-0.05, 0) is 37.0 Å². The van der Waals surface area contributed by atoms with Crippen molar-refractivity contribution in [3.63, 3.8) is 0 Å². The number of rotatable bonds is 8. The standard InChI is InChI=1S/C25H32F2N8O2S/c1-18-4-8-33(9-5-18)23-14-19(31-38(37)13-12-36)2-3-22(23)35-17-21(30-32-35)20-15-28-16-24(29-20)34-10-6-25(26,27)7-11-34/h2-3,14-18,31,36H,4-13H2,1H3. The van der Waals surface area contributed by atoms with Crippen molar-refractivity contribution in [3.05, 3.63) is 36.8 Å². The maximum atomic E-state index is 13.6. The molecule has 0 bridgehead atoms. The molecular weight excluding hydrogens is 514 g/mol. The summed E-state index contributed by atoms with van der Waals surface area (Å²) in [4.78, 5) is 13.0.